The minimum atomic E-state index is -0.412. The Morgan fingerprint density at radius 1 is 1.40 bits per heavy atom. The maximum absolute atomic E-state index is 13.2. The van der Waals surface area contributed by atoms with Crippen molar-refractivity contribution < 1.29 is 13.9 Å². The van der Waals surface area contributed by atoms with Crippen molar-refractivity contribution in [3.63, 3.8) is 0 Å². The Hall–Kier alpha value is -1.62. The first-order valence-corrected chi connectivity index (χ1v) is 6.95. The minimum absolute atomic E-state index is 0.139. The Morgan fingerprint density at radius 3 is 2.60 bits per heavy atom. The average molecular weight is 282 g/mol. The molecule has 0 aliphatic carbocycles. The monoisotopic (exact) mass is 282 g/mol. The molecule has 4 nitrogen and oxygen atoms in total. The summed E-state index contributed by atoms with van der Waals surface area (Å²) in [5, 5.41) is 2.86. The van der Waals surface area contributed by atoms with Gasteiger partial charge in [-0.3, -0.25) is 4.79 Å². The molecule has 0 aliphatic heterocycles. The van der Waals surface area contributed by atoms with E-state index in [1.165, 1.54) is 12.1 Å². The van der Waals surface area contributed by atoms with E-state index < -0.39 is 5.82 Å². The van der Waals surface area contributed by atoms with Crippen LogP contribution in [0.1, 0.15) is 45.2 Å². The zero-order chi connectivity index (χ0) is 15.1. The Morgan fingerprint density at radius 2 is 2.05 bits per heavy atom. The first-order chi connectivity index (χ1) is 9.47. The number of ether oxygens (including phenoxy) is 1. The van der Waals surface area contributed by atoms with Gasteiger partial charge in [0.25, 0.3) is 5.91 Å². The molecule has 1 aromatic rings. The van der Waals surface area contributed by atoms with Crippen molar-refractivity contribution in [1.82, 2.24) is 5.32 Å². The normalized spacial score (nSPS) is 12.3. The highest BCUT2D eigenvalue weighted by molar-refractivity contribution is 5.77. The molecule has 0 radical (unpaired) electrons. The number of hydrogen-bond donors (Lipinski definition) is 2. The zero-order valence-corrected chi connectivity index (χ0v) is 12.3. The summed E-state index contributed by atoms with van der Waals surface area (Å²) in [6.45, 7) is 5.66. The summed E-state index contributed by atoms with van der Waals surface area (Å²) < 4.78 is 18.6. The Labute approximate surface area is 119 Å². The van der Waals surface area contributed by atoms with E-state index in [0.717, 1.165) is 12.8 Å². The van der Waals surface area contributed by atoms with E-state index in [-0.39, 0.29) is 24.6 Å². The summed E-state index contributed by atoms with van der Waals surface area (Å²) in [7, 11) is 0. The van der Waals surface area contributed by atoms with Gasteiger partial charge in [0.1, 0.15) is 11.6 Å². The first kappa shape index (κ1) is 16.4. The molecular formula is C15H23FN2O2. The second-order valence-corrected chi connectivity index (χ2v) is 4.84. The lowest BCUT2D eigenvalue weighted by atomic mass is 10.1. The highest BCUT2D eigenvalue weighted by Crippen LogP contribution is 2.24. The number of amides is 1. The Balaban J connectivity index is 2.65. The van der Waals surface area contributed by atoms with Gasteiger partial charge in [-0.2, -0.15) is 0 Å². The maximum Gasteiger partial charge on any atom is 0.258 e. The highest BCUT2D eigenvalue weighted by atomic mass is 19.1. The fraction of sp³-hybridized carbons (Fsp3) is 0.533. The van der Waals surface area contributed by atoms with Crippen LogP contribution in [0, 0.1) is 5.82 Å². The third kappa shape index (κ3) is 4.81. The van der Waals surface area contributed by atoms with Crippen LogP contribution in [0.3, 0.4) is 0 Å². The van der Waals surface area contributed by atoms with Gasteiger partial charge in [0.2, 0.25) is 0 Å². The van der Waals surface area contributed by atoms with E-state index in [0.29, 0.717) is 11.3 Å². The minimum Gasteiger partial charge on any atom is -0.483 e. The van der Waals surface area contributed by atoms with Gasteiger partial charge in [0.05, 0.1) is 0 Å². The number of halogens is 1. The number of carbonyl (C=O) groups is 1. The number of hydrogen-bond acceptors (Lipinski definition) is 3. The third-order valence-electron chi connectivity index (χ3n) is 3.18. The largest absolute Gasteiger partial charge is 0.483 e. The molecule has 0 saturated carbocycles. The molecule has 1 amide bonds. The lowest BCUT2D eigenvalue weighted by Crippen LogP contribution is -2.37. The number of nitrogens with one attached hydrogen (secondary N) is 1. The van der Waals surface area contributed by atoms with Crippen LogP contribution in [0.5, 0.6) is 5.75 Å². The average Bonchev–Trinajstić information content (AvgIpc) is 2.42. The summed E-state index contributed by atoms with van der Waals surface area (Å²) in [6, 6.07) is 4.02. The second kappa shape index (κ2) is 7.85. The molecular weight excluding hydrogens is 259 g/mol. The SMILES string of the molecule is CCC(CC)NC(=O)COc1cc(F)ccc1[C@@H](C)N. The van der Waals surface area contributed by atoms with Gasteiger partial charge in [0.15, 0.2) is 6.61 Å². The van der Waals surface area contributed by atoms with Crippen LogP contribution in [-0.2, 0) is 4.79 Å². The van der Waals surface area contributed by atoms with Crippen LogP contribution in [0.4, 0.5) is 4.39 Å². The Bertz CT molecular complexity index is 445. The standard InChI is InChI=1S/C15H23FN2O2/c1-4-12(5-2)18-15(19)9-20-14-8-11(16)6-7-13(14)10(3)17/h6-8,10,12H,4-5,9,17H2,1-3H3,(H,18,19)/t10-/m1/s1. The van der Waals surface area contributed by atoms with Gasteiger partial charge in [-0.05, 0) is 25.8 Å². The lowest BCUT2D eigenvalue weighted by molar-refractivity contribution is -0.123. The van der Waals surface area contributed by atoms with Gasteiger partial charge in [-0.25, -0.2) is 4.39 Å². The van der Waals surface area contributed by atoms with E-state index in [1.54, 1.807) is 13.0 Å². The van der Waals surface area contributed by atoms with Crippen molar-refractivity contribution >= 4 is 5.91 Å². The second-order valence-electron chi connectivity index (χ2n) is 4.84. The molecule has 112 valence electrons. The molecule has 0 aromatic heterocycles. The number of benzene rings is 1. The van der Waals surface area contributed by atoms with Crippen LogP contribution in [0.2, 0.25) is 0 Å². The van der Waals surface area contributed by atoms with Gasteiger partial charge >= 0.3 is 0 Å². The van der Waals surface area contributed by atoms with Crippen LogP contribution >= 0.6 is 0 Å². The van der Waals surface area contributed by atoms with Gasteiger partial charge in [-0.1, -0.05) is 19.9 Å². The van der Waals surface area contributed by atoms with E-state index >= 15 is 0 Å². The molecule has 1 atom stereocenters. The molecule has 0 unspecified atom stereocenters. The molecule has 1 rings (SSSR count). The number of nitrogens with two attached hydrogens (primary N) is 1. The van der Waals surface area contributed by atoms with E-state index in [4.69, 9.17) is 10.5 Å². The summed E-state index contributed by atoms with van der Waals surface area (Å²) >= 11 is 0. The van der Waals surface area contributed by atoms with Crippen molar-refractivity contribution in [2.75, 3.05) is 6.61 Å². The predicted molar refractivity (Wildman–Crippen MR) is 77.0 cm³/mol. The van der Waals surface area contributed by atoms with Gasteiger partial charge < -0.3 is 15.8 Å². The fourth-order valence-corrected chi connectivity index (χ4v) is 1.91. The maximum atomic E-state index is 13.2. The summed E-state index contributed by atoms with van der Waals surface area (Å²) in [5.41, 5.74) is 6.47. The number of rotatable bonds is 7. The molecule has 5 heteroatoms. The molecule has 0 spiro atoms. The topological polar surface area (TPSA) is 64.3 Å². The summed E-state index contributed by atoms with van der Waals surface area (Å²) in [4.78, 5) is 11.7. The quantitative estimate of drug-likeness (QED) is 0.807. The number of carbonyl (C=O) groups excluding carboxylic acids is 1. The van der Waals surface area contributed by atoms with E-state index in [2.05, 4.69) is 5.32 Å². The summed E-state index contributed by atoms with van der Waals surface area (Å²) in [6.07, 6.45) is 1.74. The van der Waals surface area contributed by atoms with Crippen molar-refractivity contribution in [2.24, 2.45) is 5.73 Å². The third-order valence-corrected chi connectivity index (χ3v) is 3.18. The molecule has 0 bridgehead atoms. The Kier molecular flexibility index (Phi) is 6.45. The van der Waals surface area contributed by atoms with E-state index in [9.17, 15) is 9.18 Å². The van der Waals surface area contributed by atoms with Crippen LogP contribution in [0.15, 0.2) is 18.2 Å². The van der Waals surface area contributed by atoms with E-state index in [1.807, 2.05) is 13.8 Å². The lowest BCUT2D eigenvalue weighted by Gasteiger charge is -2.17. The van der Waals surface area contributed by atoms with Crippen molar-refractivity contribution in [3.05, 3.63) is 29.6 Å². The van der Waals surface area contributed by atoms with Crippen molar-refractivity contribution in [2.45, 2.75) is 45.7 Å². The van der Waals surface area contributed by atoms with Crippen molar-refractivity contribution in [1.29, 1.82) is 0 Å². The molecule has 0 fully saturated rings. The highest BCUT2D eigenvalue weighted by Gasteiger charge is 2.13. The van der Waals surface area contributed by atoms with Gasteiger partial charge in [0, 0.05) is 23.7 Å². The summed E-state index contributed by atoms with van der Waals surface area (Å²) in [5.74, 6) is -0.303. The molecule has 0 aliphatic rings. The molecule has 0 heterocycles. The van der Waals surface area contributed by atoms with Crippen LogP contribution < -0.4 is 15.8 Å². The molecule has 3 N–H and O–H groups in total. The molecule has 1 aromatic carbocycles. The molecule has 20 heavy (non-hydrogen) atoms. The van der Waals surface area contributed by atoms with Gasteiger partial charge in [-0.15, -0.1) is 0 Å². The van der Waals surface area contributed by atoms with Crippen molar-refractivity contribution in [3.8, 4) is 5.75 Å². The smallest absolute Gasteiger partial charge is 0.258 e. The first-order valence-electron chi connectivity index (χ1n) is 6.95. The van der Waals surface area contributed by atoms with Crippen LogP contribution in [0.25, 0.3) is 0 Å². The predicted octanol–water partition coefficient (Wildman–Crippen LogP) is 2.53. The fourth-order valence-electron chi connectivity index (χ4n) is 1.91. The molecule has 0 saturated heterocycles. The zero-order valence-electron chi connectivity index (χ0n) is 12.3. The van der Waals surface area contributed by atoms with Crippen LogP contribution in [-0.4, -0.2) is 18.6 Å².